The van der Waals surface area contributed by atoms with E-state index in [-0.39, 0.29) is 18.2 Å². The highest BCUT2D eigenvalue weighted by atomic mass is 16.4. The highest BCUT2D eigenvalue weighted by Gasteiger charge is 2.24. The van der Waals surface area contributed by atoms with Crippen LogP contribution in [0.2, 0.25) is 0 Å². The van der Waals surface area contributed by atoms with Gasteiger partial charge in [-0.3, -0.25) is 9.59 Å². The summed E-state index contributed by atoms with van der Waals surface area (Å²) < 4.78 is 0. The summed E-state index contributed by atoms with van der Waals surface area (Å²) in [5, 5.41) is 11.7. The number of nitrogens with one attached hydrogen (secondary N) is 1. The third-order valence-electron chi connectivity index (χ3n) is 3.03. The number of hydrogen-bond donors (Lipinski definition) is 2. The molecule has 0 radical (unpaired) electrons. The Morgan fingerprint density at radius 2 is 2.00 bits per heavy atom. The van der Waals surface area contributed by atoms with Gasteiger partial charge in [-0.25, -0.2) is 0 Å². The number of carbonyl (C=O) groups is 2. The minimum absolute atomic E-state index is 0.0515. The maximum absolute atomic E-state index is 11.5. The summed E-state index contributed by atoms with van der Waals surface area (Å²) in [7, 11) is 0. The van der Waals surface area contributed by atoms with E-state index in [1.165, 1.54) is 0 Å². The fourth-order valence-electron chi connectivity index (χ4n) is 2.07. The molecular weight excluding hydrogens is 218 g/mol. The molecule has 1 aliphatic rings. The lowest BCUT2D eigenvalue weighted by molar-refractivity contribution is -0.138. The fourth-order valence-corrected chi connectivity index (χ4v) is 2.07. The van der Waals surface area contributed by atoms with Gasteiger partial charge in [0, 0.05) is 19.4 Å². The Hall–Kier alpha value is -1.06. The SMILES string of the molecule is CC(C)CC(CNC(=O)CC1CC1)CC(=O)O. The Morgan fingerprint density at radius 3 is 2.47 bits per heavy atom. The van der Waals surface area contributed by atoms with Crippen molar-refractivity contribution in [3.63, 3.8) is 0 Å². The van der Waals surface area contributed by atoms with Crippen LogP contribution in [-0.4, -0.2) is 23.5 Å². The minimum atomic E-state index is -0.785. The van der Waals surface area contributed by atoms with E-state index < -0.39 is 5.97 Å². The van der Waals surface area contributed by atoms with Crippen LogP contribution in [-0.2, 0) is 9.59 Å². The van der Waals surface area contributed by atoms with Crippen molar-refractivity contribution in [3.05, 3.63) is 0 Å². The molecule has 1 atom stereocenters. The van der Waals surface area contributed by atoms with Crippen molar-refractivity contribution in [3.8, 4) is 0 Å². The number of rotatable bonds is 8. The highest BCUT2D eigenvalue weighted by molar-refractivity contribution is 5.76. The third-order valence-corrected chi connectivity index (χ3v) is 3.03. The molecule has 0 heterocycles. The quantitative estimate of drug-likeness (QED) is 0.683. The summed E-state index contributed by atoms with van der Waals surface area (Å²) in [5.74, 6) is 0.382. The van der Waals surface area contributed by atoms with Gasteiger partial charge >= 0.3 is 5.97 Å². The lowest BCUT2D eigenvalue weighted by Gasteiger charge is -2.17. The Balaban J connectivity index is 2.25. The number of amides is 1. The van der Waals surface area contributed by atoms with Crippen molar-refractivity contribution in [2.24, 2.45) is 17.8 Å². The van der Waals surface area contributed by atoms with Gasteiger partial charge in [-0.15, -0.1) is 0 Å². The van der Waals surface area contributed by atoms with Crippen molar-refractivity contribution in [2.75, 3.05) is 6.54 Å². The molecule has 4 heteroatoms. The first-order valence-electron chi connectivity index (χ1n) is 6.45. The second-order valence-electron chi connectivity index (χ2n) is 5.55. The van der Waals surface area contributed by atoms with Gasteiger partial charge in [0.15, 0.2) is 0 Å². The van der Waals surface area contributed by atoms with Gasteiger partial charge in [-0.2, -0.15) is 0 Å². The zero-order valence-corrected chi connectivity index (χ0v) is 10.7. The van der Waals surface area contributed by atoms with E-state index in [2.05, 4.69) is 19.2 Å². The van der Waals surface area contributed by atoms with Crippen LogP contribution in [0.3, 0.4) is 0 Å². The molecule has 1 saturated carbocycles. The second kappa shape index (κ2) is 6.62. The minimum Gasteiger partial charge on any atom is -0.481 e. The average Bonchev–Trinajstić information content (AvgIpc) is 2.96. The van der Waals surface area contributed by atoms with E-state index in [0.717, 1.165) is 19.3 Å². The molecular formula is C13H23NO3. The molecule has 4 nitrogen and oxygen atoms in total. The van der Waals surface area contributed by atoms with Crippen molar-refractivity contribution in [1.29, 1.82) is 0 Å². The van der Waals surface area contributed by atoms with Gasteiger partial charge in [0.1, 0.15) is 0 Å². The molecule has 1 unspecified atom stereocenters. The van der Waals surface area contributed by atoms with Crippen LogP contribution in [0, 0.1) is 17.8 Å². The van der Waals surface area contributed by atoms with Crippen LogP contribution >= 0.6 is 0 Å². The normalized spacial score (nSPS) is 16.9. The maximum Gasteiger partial charge on any atom is 0.303 e. The Morgan fingerprint density at radius 1 is 1.35 bits per heavy atom. The standard InChI is InChI=1S/C13H23NO3/c1-9(2)5-11(7-13(16)17)8-14-12(15)6-10-3-4-10/h9-11H,3-8H2,1-2H3,(H,14,15)(H,16,17). The third kappa shape index (κ3) is 6.97. The molecule has 0 aliphatic heterocycles. The molecule has 1 fully saturated rings. The van der Waals surface area contributed by atoms with E-state index in [1.54, 1.807) is 0 Å². The zero-order valence-electron chi connectivity index (χ0n) is 10.7. The molecule has 1 aliphatic carbocycles. The van der Waals surface area contributed by atoms with Gasteiger partial charge < -0.3 is 10.4 Å². The van der Waals surface area contributed by atoms with Crippen molar-refractivity contribution >= 4 is 11.9 Å². The summed E-state index contributed by atoms with van der Waals surface area (Å²) in [6.07, 6.45) is 3.93. The fraction of sp³-hybridized carbons (Fsp3) is 0.846. The molecule has 1 rings (SSSR count). The van der Waals surface area contributed by atoms with E-state index in [9.17, 15) is 9.59 Å². The number of carboxylic acids is 1. The van der Waals surface area contributed by atoms with E-state index in [0.29, 0.717) is 24.8 Å². The summed E-state index contributed by atoms with van der Waals surface area (Å²) >= 11 is 0. The van der Waals surface area contributed by atoms with Crippen LogP contribution in [0.15, 0.2) is 0 Å². The molecule has 17 heavy (non-hydrogen) atoms. The number of hydrogen-bond acceptors (Lipinski definition) is 2. The van der Waals surface area contributed by atoms with Crippen LogP contribution < -0.4 is 5.32 Å². The highest BCUT2D eigenvalue weighted by Crippen LogP contribution is 2.32. The average molecular weight is 241 g/mol. The molecule has 0 aromatic heterocycles. The van der Waals surface area contributed by atoms with Gasteiger partial charge in [0.2, 0.25) is 5.91 Å². The van der Waals surface area contributed by atoms with Crippen LogP contribution in [0.1, 0.15) is 46.0 Å². The summed E-state index contributed by atoms with van der Waals surface area (Å²) in [6, 6.07) is 0. The van der Waals surface area contributed by atoms with Crippen molar-refractivity contribution in [1.82, 2.24) is 5.32 Å². The number of carbonyl (C=O) groups excluding carboxylic acids is 1. The lowest BCUT2D eigenvalue weighted by Crippen LogP contribution is -2.31. The molecule has 0 aromatic carbocycles. The molecule has 0 aromatic rings. The smallest absolute Gasteiger partial charge is 0.303 e. The summed E-state index contributed by atoms with van der Waals surface area (Å²) in [5.41, 5.74) is 0. The molecule has 2 N–H and O–H groups in total. The molecule has 0 bridgehead atoms. The van der Waals surface area contributed by atoms with E-state index in [1.807, 2.05) is 0 Å². The van der Waals surface area contributed by atoms with E-state index in [4.69, 9.17) is 5.11 Å². The Kier molecular flexibility index (Phi) is 5.45. The van der Waals surface area contributed by atoms with E-state index >= 15 is 0 Å². The van der Waals surface area contributed by atoms with Gasteiger partial charge in [0.05, 0.1) is 0 Å². The Labute approximate surface area is 103 Å². The molecule has 1 amide bonds. The number of carboxylic acid groups (broad SMARTS) is 1. The monoisotopic (exact) mass is 241 g/mol. The first-order chi connectivity index (χ1) is 7.97. The van der Waals surface area contributed by atoms with Crippen molar-refractivity contribution in [2.45, 2.75) is 46.0 Å². The second-order valence-corrected chi connectivity index (χ2v) is 5.55. The van der Waals surface area contributed by atoms with Gasteiger partial charge in [0.25, 0.3) is 0 Å². The van der Waals surface area contributed by atoms with Gasteiger partial charge in [-0.05, 0) is 37.0 Å². The molecule has 0 saturated heterocycles. The Bertz CT molecular complexity index is 272. The molecule has 98 valence electrons. The number of aliphatic carboxylic acids is 1. The first-order valence-corrected chi connectivity index (χ1v) is 6.45. The predicted molar refractivity (Wildman–Crippen MR) is 65.5 cm³/mol. The van der Waals surface area contributed by atoms with Crippen molar-refractivity contribution < 1.29 is 14.7 Å². The largest absolute Gasteiger partial charge is 0.481 e. The first kappa shape index (κ1) is 14.0. The maximum atomic E-state index is 11.5. The van der Waals surface area contributed by atoms with Crippen LogP contribution in [0.5, 0.6) is 0 Å². The summed E-state index contributed by atoms with van der Waals surface area (Å²) in [4.78, 5) is 22.2. The zero-order chi connectivity index (χ0) is 12.8. The van der Waals surface area contributed by atoms with Crippen LogP contribution in [0.4, 0.5) is 0 Å². The predicted octanol–water partition coefficient (Wildman–Crippen LogP) is 2.04. The lowest BCUT2D eigenvalue weighted by atomic mass is 9.94. The molecule has 0 spiro atoms. The summed E-state index contributed by atoms with van der Waals surface area (Å²) in [6.45, 7) is 4.64. The van der Waals surface area contributed by atoms with Gasteiger partial charge in [-0.1, -0.05) is 13.8 Å². The van der Waals surface area contributed by atoms with Crippen LogP contribution in [0.25, 0.3) is 0 Å². The topological polar surface area (TPSA) is 66.4 Å².